The summed E-state index contributed by atoms with van der Waals surface area (Å²) < 4.78 is 31.7. The Balaban J connectivity index is 1.84. The Hall–Kier alpha value is -2.95. The van der Waals surface area contributed by atoms with E-state index in [4.69, 9.17) is 9.72 Å². The maximum atomic E-state index is 12.2. The average Bonchev–Trinajstić information content (AvgIpc) is 3.40. The molecule has 8 nitrogen and oxygen atoms in total. The van der Waals surface area contributed by atoms with Crippen molar-refractivity contribution >= 4 is 45.0 Å². The molecule has 0 atom stereocenters. The van der Waals surface area contributed by atoms with E-state index in [1.54, 1.807) is 38.1 Å². The largest absolute Gasteiger partial charge is 0.383 e. The molecule has 0 aliphatic rings. The van der Waals surface area contributed by atoms with Crippen LogP contribution < -0.4 is 0 Å². The predicted molar refractivity (Wildman–Crippen MR) is 133 cm³/mol. The van der Waals surface area contributed by atoms with Gasteiger partial charge in [-0.25, -0.2) is 18.4 Å². The number of imidazole rings is 2. The molecule has 0 spiro atoms. The fourth-order valence-corrected chi connectivity index (χ4v) is 5.32. The summed E-state index contributed by atoms with van der Waals surface area (Å²) in [6.07, 6.45) is 4.93. The number of methoxy groups -OCH3 is 1. The van der Waals surface area contributed by atoms with Crippen LogP contribution in [0, 0.1) is 6.92 Å². The lowest BCUT2D eigenvalue weighted by molar-refractivity contribution is 0.188. The van der Waals surface area contributed by atoms with Crippen LogP contribution in [0.15, 0.2) is 51.3 Å². The number of thioether (sulfide) groups is 1. The molecular formula is C23H25N5O3S2. The Bertz CT molecular complexity index is 1450. The number of aryl methyl sites for hydroxylation is 1. The third kappa shape index (κ3) is 4.46. The zero-order valence-corrected chi connectivity index (χ0v) is 20.5. The van der Waals surface area contributed by atoms with E-state index in [0.717, 1.165) is 27.4 Å². The van der Waals surface area contributed by atoms with Crippen molar-refractivity contribution < 1.29 is 13.2 Å². The number of ether oxygens (including phenoxy) is 1. The van der Waals surface area contributed by atoms with Crippen LogP contribution in [0.3, 0.4) is 0 Å². The van der Waals surface area contributed by atoms with Crippen LogP contribution in [0.1, 0.15) is 5.56 Å². The molecule has 0 aliphatic heterocycles. The molecule has 2 aromatic heterocycles. The number of H-pyrrole nitrogens is 1. The van der Waals surface area contributed by atoms with Crippen LogP contribution >= 0.6 is 11.8 Å². The van der Waals surface area contributed by atoms with Crippen LogP contribution in [0.2, 0.25) is 0 Å². The number of hydrogen-bond acceptors (Lipinski definition) is 7. The quantitative estimate of drug-likeness (QED) is 0.292. The number of aromatic amines is 1. The van der Waals surface area contributed by atoms with Crippen LogP contribution in [0.25, 0.3) is 33.9 Å². The molecule has 0 radical (unpaired) electrons. The molecule has 0 fully saturated rings. The lowest BCUT2D eigenvalue weighted by Gasteiger charge is -2.09. The molecule has 0 bridgehead atoms. The summed E-state index contributed by atoms with van der Waals surface area (Å²) in [5.41, 5.74) is 4.53. The third-order valence-electron chi connectivity index (χ3n) is 5.40. The highest BCUT2D eigenvalue weighted by atomic mass is 32.2. The Morgan fingerprint density at radius 1 is 1.27 bits per heavy atom. The number of sulfone groups is 1. The molecule has 4 aromatic rings. The van der Waals surface area contributed by atoms with Crippen LogP contribution in [0.4, 0.5) is 5.69 Å². The van der Waals surface area contributed by atoms with Crippen LogP contribution in [0.5, 0.6) is 0 Å². The molecule has 0 amide bonds. The van der Waals surface area contributed by atoms with E-state index in [2.05, 4.69) is 21.7 Å². The first-order valence-corrected chi connectivity index (χ1v) is 13.3. The molecule has 2 aromatic carbocycles. The summed E-state index contributed by atoms with van der Waals surface area (Å²) in [4.78, 5) is 18.1. The van der Waals surface area contributed by atoms with Crippen molar-refractivity contribution in [2.24, 2.45) is 4.99 Å². The van der Waals surface area contributed by atoms with E-state index >= 15 is 0 Å². The second-order valence-electron chi connectivity index (χ2n) is 7.65. The number of benzene rings is 2. The SMILES string of the molecule is C=Nc1cc(-c2ncc(-c3nc4cc(S(C)(=O)=O)c(C)cc4n3CCOC)[nH]2)ccc1SC. The number of aliphatic imine (C=N–C) groups is 1. The zero-order valence-electron chi connectivity index (χ0n) is 18.9. The maximum absolute atomic E-state index is 12.2. The molecule has 0 saturated carbocycles. The van der Waals surface area contributed by atoms with Gasteiger partial charge >= 0.3 is 0 Å². The number of nitrogens with zero attached hydrogens (tertiary/aromatic N) is 4. The van der Waals surface area contributed by atoms with Crippen molar-refractivity contribution in [3.8, 4) is 22.9 Å². The molecule has 2 heterocycles. The van der Waals surface area contributed by atoms with E-state index in [-0.39, 0.29) is 4.90 Å². The minimum absolute atomic E-state index is 0.279. The molecule has 10 heteroatoms. The van der Waals surface area contributed by atoms with Gasteiger partial charge in [0.2, 0.25) is 0 Å². The lowest BCUT2D eigenvalue weighted by atomic mass is 10.2. The van der Waals surface area contributed by atoms with Crippen molar-refractivity contribution in [1.29, 1.82) is 0 Å². The van der Waals surface area contributed by atoms with Gasteiger partial charge in [0.05, 0.1) is 34.4 Å². The fraction of sp³-hybridized carbons (Fsp3) is 0.261. The van der Waals surface area contributed by atoms with Crippen LogP contribution in [-0.4, -0.2) is 60.9 Å². The number of aromatic nitrogens is 4. The molecular weight excluding hydrogens is 458 g/mol. The lowest BCUT2D eigenvalue weighted by Crippen LogP contribution is -2.06. The molecule has 33 heavy (non-hydrogen) atoms. The van der Waals surface area contributed by atoms with Gasteiger partial charge in [0.15, 0.2) is 15.7 Å². The van der Waals surface area contributed by atoms with E-state index in [9.17, 15) is 8.42 Å². The summed E-state index contributed by atoms with van der Waals surface area (Å²) in [6, 6.07) is 9.41. The minimum Gasteiger partial charge on any atom is -0.383 e. The summed E-state index contributed by atoms with van der Waals surface area (Å²) in [5.74, 6) is 1.34. The summed E-state index contributed by atoms with van der Waals surface area (Å²) in [7, 11) is -1.72. The highest BCUT2D eigenvalue weighted by Gasteiger charge is 2.19. The monoisotopic (exact) mass is 483 g/mol. The Labute approximate surface area is 197 Å². The third-order valence-corrected chi connectivity index (χ3v) is 7.43. The van der Waals surface area contributed by atoms with Crippen molar-refractivity contribution in [1.82, 2.24) is 19.5 Å². The number of nitrogens with one attached hydrogen (secondary N) is 1. The molecule has 1 N–H and O–H groups in total. The van der Waals surface area contributed by atoms with Gasteiger partial charge in [-0.1, -0.05) is 0 Å². The number of rotatable bonds is 8. The summed E-state index contributed by atoms with van der Waals surface area (Å²) in [5, 5.41) is 0. The van der Waals surface area contributed by atoms with Crippen molar-refractivity contribution in [3.05, 3.63) is 42.1 Å². The second-order valence-corrected chi connectivity index (χ2v) is 10.5. The van der Waals surface area contributed by atoms with E-state index in [1.165, 1.54) is 6.26 Å². The normalized spacial score (nSPS) is 11.9. The van der Waals surface area contributed by atoms with E-state index < -0.39 is 9.84 Å². The van der Waals surface area contributed by atoms with Gasteiger partial charge in [0, 0.05) is 30.4 Å². The first kappa shape index (κ1) is 23.2. The first-order valence-electron chi connectivity index (χ1n) is 10.2. The van der Waals surface area contributed by atoms with Crippen molar-refractivity contribution in [2.75, 3.05) is 26.2 Å². The minimum atomic E-state index is -3.36. The molecule has 0 unspecified atom stereocenters. The van der Waals surface area contributed by atoms with Gasteiger partial charge in [0.25, 0.3) is 0 Å². The fourth-order valence-electron chi connectivity index (χ4n) is 3.81. The highest BCUT2D eigenvalue weighted by Crippen LogP contribution is 2.33. The first-order chi connectivity index (χ1) is 15.8. The Morgan fingerprint density at radius 3 is 2.73 bits per heavy atom. The number of fused-ring (bicyclic) bond motifs is 1. The number of hydrogen-bond donors (Lipinski definition) is 1. The molecule has 172 valence electrons. The van der Waals surface area contributed by atoms with Crippen molar-refractivity contribution in [3.63, 3.8) is 0 Å². The van der Waals surface area contributed by atoms with Gasteiger partial charge in [-0.3, -0.25) is 4.99 Å². The molecule has 4 rings (SSSR count). The van der Waals surface area contributed by atoms with Crippen LogP contribution in [-0.2, 0) is 21.1 Å². The summed E-state index contributed by atoms with van der Waals surface area (Å²) in [6.45, 7) is 6.49. The van der Waals surface area contributed by atoms with Gasteiger partial charge in [0.1, 0.15) is 11.5 Å². The summed E-state index contributed by atoms with van der Waals surface area (Å²) >= 11 is 1.61. The molecule has 0 aliphatic carbocycles. The second kappa shape index (κ2) is 9.12. The van der Waals surface area contributed by atoms with E-state index in [1.807, 2.05) is 35.1 Å². The van der Waals surface area contributed by atoms with E-state index in [0.29, 0.717) is 35.9 Å². The van der Waals surface area contributed by atoms with Gasteiger partial charge in [-0.2, -0.15) is 0 Å². The maximum Gasteiger partial charge on any atom is 0.175 e. The molecule has 0 saturated heterocycles. The smallest absolute Gasteiger partial charge is 0.175 e. The van der Waals surface area contributed by atoms with Gasteiger partial charge in [-0.05, 0) is 55.8 Å². The highest BCUT2D eigenvalue weighted by molar-refractivity contribution is 7.98. The Morgan fingerprint density at radius 2 is 2.06 bits per heavy atom. The standard InChI is InChI=1S/C23H25N5O3S2/c1-14-10-19-16(12-21(14)33(5,29)30)27-23(28(19)8-9-31-3)18-13-25-22(26-18)15-6-7-20(32-4)17(11-15)24-2/h6-7,10-13H,2,8-9H2,1,3-5H3,(H,25,26). The predicted octanol–water partition coefficient (Wildman–Crippen LogP) is 4.51. The van der Waals surface area contributed by atoms with Crippen molar-refractivity contribution in [2.45, 2.75) is 23.3 Å². The van der Waals surface area contributed by atoms with Gasteiger partial charge in [-0.15, -0.1) is 11.8 Å². The average molecular weight is 484 g/mol. The zero-order chi connectivity index (χ0) is 23.8. The topological polar surface area (TPSA) is 102 Å². The Kier molecular flexibility index (Phi) is 6.42. The van der Waals surface area contributed by atoms with Gasteiger partial charge < -0.3 is 14.3 Å².